The van der Waals surface area contributed by atoms with Crippen molar-refractivity contribution in [2.24, 2.45) is 5.92 Å². The van der Waals surface area contributed by atoms with E-state index in [2.05, 4.69) is 15.4 Å². The zero-order valence-corrected chi connectivity index (χ0v) is 19.6. The maximum absolute atomic E-state index is 13.2. The monoisotopic (exact) mass is 486 g/mol. The third-order valence-corrected chi connectivity index (χ3v) is 5.58. The third kappa shape index (κ3) is 7.16. The van der Waals surface area contributed by atoms with Gasteiger partial charge in [-0.1, -0.05) is 50.2 Å². The molecule has 0 bridgehead atoms. The van der Waals surface area contributed by atoms with Crippen LogP contribution in [0.3, 0.4) is 0 Å². The highest BCUT2D eigenvalue weighted by atomic mass is 16.6. The number of hydrogen-bond acceptors (Lipinski definition) is 7. The highest BCUT2D eigenvalue weighted by Crippen LogP contribution is 2.27. The molecule has 1 saturated heterocycles. The van der Waals surface area contributed by atoms with Crippen LogP contribution in [0, 0.1) is 5.92 Å². The molecule has 0 saturated carbocycles. The third-order valence-electron chi connectivity index (χ3n) is 5.58. The highest BCUT2D eigenvalue weighted by molar-refractivity contribution is 5.91. The molecular formula is C25H30N2O8. The lowest BCUT2D eigenvalue weighted by molar-refractivity contribution is -0.155. The van der Waals surface area contributed by atoms with Crippen molar-refractivity contribution >= 4 is 34.5 Å². The summed E-state index contributed by atoms with van der Waals surface area (Å²) in [5.74, 6) is -2.50. The normalized spacial score (nSPS) is 19.1. The van der Waals surface area contributed by atoms with Crippen molar-refractivity contribution in [2.45, 2.75) is 64.0 Å². The van der Waals surface area contributed by atoms with Crippen molar-refractivity contribution in [1.82, 2.24) is 10.6 Å². The number of carbonyl (C=O) groups is 4. The van der Waals surface area contributed by atoms with Gasteiger partial charge in [-0.25, -0.2) is 0 Å². The van der Waals surface area contributed by atoms with Crippen LogP contribution in [0.5, 0.6) is 5.75 Å². The van der Waals surface area contributed by atoms with E-state index in [1.54, 1.807) is 12.1 Å². The Hall–Kier alpha value is -3.66. The first-order valence-electron chi connectivity index (χ1n) is 11.5. The van der Waals surface area contributed by atoms with Crippen molar-refractivity contribution < 1.29 is 38.9 Å². The average molecular weight is 487 g/mol. The highest BCUT2D eigenvalue weighted by Gasteiger charge is 2.36. The first kappa shape index (κ1) is 26.0. The molecular weight excluding hydrogens is 456 g/mol. The number of benzene rings is 2. The van der Waals surface area contributed by atoms with E-state index in [0.717, 1.165) is 10.8 Å². The van der Waals surface area contributed by atoms with Gasteiger partial charge in [0, 0.05) is 18.2 Å². The molecule has 1 heterocycles. The summed E-state index contributed by atoms with van der Waals surface area (Å²) in [6.07, 6.45) is -2.95. The molecule has 0 radical (unpaired) electrons. The quantitative estimate of drug-likeness (QED) is 0.351. The fraction of sp³-hybridized carbons (Fsp3) is 0.440. The standard InChI is InChI=1S/C25H30N2O8/c1-14(2)12-17(23(31)27-18-13-22(30)35-25(18)33)26-24(32)20(10-11-21(28)29)34-19-9-5-7-15-6-3-4-8-16(15)19/h3-9,14,17-18,20,25,33H,10-13H2,1-2H3,(H,26,32)(H,27,31)(H,28,29)/t17-,18-,20-,25?/m0/s1. The van der Waals surface area contributed by atoms with Crippen LogP contribution in [-0.2, 0) is 23.9 Å². The van der Waals surface area contributed by atoms with E-state index in [1.165, 1.54) is 0 Å². The van der Waals surface area contributed by atoms with Gasteiger partial charge in [0.15, 0.2) is 6.10 Å². The van der Waals surface area contributed by atoms with E-state index < -0.39 is 48.2 Å². The van der Waals surface area contributed by atoms with E-state index in [1.807, 2.05) is 44.2 Å². The first-order valence-corrected chi connectivity index (χ1v) is 11.5. The van der Waals surface area contributed by atoms with Gasteiger partial charge in [-0.2, -0.15) is 0 Å². The molecule has 1 aliphatic rings. The predicted octanol–water partition coefficient (Wildman–Crippen LogP) is 1.73. The summed E-state index contributed by atoms with van der Waals surface area (Å²) in [6.45, 7) is 3.75. The molecule has 1 unspecified atom stereocenters. The van der Waals surface area contributed by atoms with Gasteiger partial charge in [0.2, 0.25) is 12.2 Å². The summed E-state index contributed by atoms with van der Waals surface area (Å²) in [5, 5.41) is 25.8. The molecule has 0 aromatic heterocycles. The van der Waals surface area contributed by atoms with Crippen molar-refractivity contribution in [3.05, 3.63) is 42.5 Å². The number of nitrogens with one attached hydrogen (secondary N) is 2. The van der Waals surface area contributed by atoms with Gasteiger partial charge >= 0.3 is 11.9 Å². The summed E-state index contributed by atoms with van der Waals surface area (Å²) < 4.78 is 10.6. The number of aliphatic hydroxyl groups is 1. The minimum Gasteiger partial charge on any atom is -0.481 e. The van der Waals surface area contributed by atoms with E-state index >= 15 is 0 Å². The molecule has 2 aromatic rings. The molecule has 2 amide bonds. The van der Waals surface area contributed by atoms with Crippen LogP contribution in [0.25, 0.3) is 10.8 Å². The topological polar surface area (TPSA) is 151 Å². The summed E-state index contributed by atoms with van der Waals surface area (Å²) in [5.41, 5.74) is 0. The van der Waals surface area contributed by atoms with Gasteiger partial charge in [0.1, 0.15) is 17.8 Å². The van der Waals surface area contributed by atoms with Gasteiger partial charge in [-0.05, 0) is 23.8 Å². The van der Waals surface area contributed by atoms with E-state index in [9.17, 15) is 24.3 Å². The Morgan fingerprint density at radius 1 is 1.11 bits per heavy atom. The second kappa shape index (κ2) is 11.7. The molecule has 4 atom stereocenters. The minimum atomic E-state index is -1.46. The average Bonchev–Trinajstić information content (AvgIpc) is 3.11. The first-order chi connectivity index (χ1) is 16.6. The number of aliphatic hydroxyl groups excluding tert-OH is 1. The Kier molecular flexibility index (Phi) is 8.64. The summed E-state index contributed by atoms with van der Waals surface area (Å²) in [7, 11) is 0. The molecule has 0 aliphatic carbocycles. The second-order valence-electron chi connectivity index (χ2n) is 8.91. The fourth-order valence-corrected chi connectivity index (χ4v) is 3.87. The molecule has 188 valence electrons. The van der Waals surface area contributed by atoms with Gasteiger partial charge in [-0.3, -0.25) is 19.2 Å². The second-order valence-corrected chi connectivity index (χ2v) is 8.91. The SMILES string of the molecule is CC(C)C[C@H](NC(=O)[C@H](CCC(=O)O)Oc1cccc2ccccc12)C(=O)N[C@H]1CC(=O)OC1O. The number of aliphatic carboxylic acids is 1. The van der Waals surface area contributed by atoms with Crippen LogP contribution in [0.4, 0.5) is 0 Å². The Morgan fingerprint density at radius 2 is 1.83 bits per heavy atom. The number of carboxylic acids is 1. The van der Waals surface area contributed by atoms with Gasteiger partial charge < -0.3 is 30.3 Å². The lowest BCUT2D eigenvalue weighted by atomic mass is 10.0. The largest absolute Gasteiger partial charge is 0.481 e. The number of carbonyl (C=O) groups excluding carboxylic acids is 3. The van der Waals surface area contributed by atoms with E-state index in [0.29, 0.717) is 5.75 Å². The zero-order chi connectivity index (χ0) is 25.5. The van der Waals surface area contributed by atoms with Gasteiger partial charge in [0.25, 0.3) is 5.91 Å². The van der Waals surface area contributed by atoms with Crippen molar-refractivity contribution in [3.8, 4) is 5.75 Å². The number of hydrogen-bond donors (Lipinski definition) is 4. The van der Waals surface area contributed by atoms with E-state index in [-0.39, 0.29) is 31.6 Å². The molecule has 2 aromatic carbocycles. The van der Waals surface area contributed by atoms with Crippen LogP contribution in [-0.4, -0.2) is 58.4 Å². The molecule has 10 nitrogen and oxygen atoms in total. The molecule has 0 spiro atoms. The Bertz CT molecular complexity index is 1080. The van der Waals surface area contributed by atoms with Crippen LogP contribution >= 0.6 is 0 Å². The maximum Gasteiger partial charge on any atom is 0.310 e. The zero-order valence-electron chi connectivity index (χ0n) is 19.6. The van der Waals surface area contributed by atoms with E-state index in [4.69, 9.17) is 9.84 Å². The number of cyclic esters (lactones) is 1. The number of carboxylic acid groups (broad SMARTS) is 1. The Morgan fingerprint density at radius 3 is 2.49 bits per heavy atom. The Labute approximate surface area is 202 Å². The summed E-state index contributed by atoms with van der Waals surface area (Å²) in [6, 6.07) is 10.9. The summed E-state index contributed by atoms with van der Waals surface area (Å²) >= 11 is 0. The molecule has 3 rings (SSSR count). The van der Waals surface area contributed by atoms with Crippen molar-refractivity contribution in [3.63, 3.8) is 0 Å². The maximum atomic E-state index is 13.2. The van der Waals surface area contributed by atoms with Crippen molar-refractivity contribution in [2.75, 3.05) is 0 Å². The molecule has 10 heteroatoms. The number of ether oxygens (including phenoxy) is 2. The predicted molar refractivity (Wildman–Crippen MR) is 125 cm³/mol. The number of amides is 2. The van der Waals surface area contributed by atoms with Gasteiger partial charge in [0.05, 0.1) is 6.42 Å². The smallest absolute Gasteiger partial charge is 0.310 e. The van der Waals surface area contributed by atoms with Gasteiger partial charge in [-0.15, -0.1) is 0 Å². The van der Waals surface area contributed by atoms with Crippen LogP contribution in [0.1, 0.15) is 39.5 Å². The summed E-state index contributed by atoms with van der Waals surface area (Å²) in [4.78, 5) is 48.7. The molecule has 35 heavy (non-hydrogen) atoms. The Balaban J connectivity index is 1.77. The fourth-order valence-electron chi connectivity index (χ4n) is 3.87. The van der Waals surface area contributed by atoms with Crippen molar-refractivity contribution in [1.29, 1.82) is 0 Å². The number of fused-ring (bicyclic) bond motifs is 1. The molecule has 1 fully saturated rings. The number of esters is 1. The van der Waals surface area contributed by atoms with Crippen LogP contribution in [0.2, 0.25) is 0 Å². The minimum absolute atomic E-state index is 0.0221. The lowest BCUT2D eigenvalue weighted by Crippen LogP contribution is -2.54. The van der Waals surface area contributed by atoms with Crippen LogP contribution < -0.4 is 15.4 Å². The molecule has 4 N–H and O–H groups in total. The van der Waals surface area contributed by atoms with Crippen LogP contribution in [0.15, 0.2) is 42.5 Å². The molecule has 1 aliphatic heterocycles. The lowest BCUT2D eigenvalue weighted by Gasteiger charge is -2.25. The number of rotatable bonds is 11.